The maximum atomic E-state index is 5.73. The summed E-state index contributed by atoms with van der Waals surface area (Å²) in [6.07, 6.45) is 0.730. The van der Waals surface area contributed by atoms with Crippen molar-refractivity contribution in [3.8, 4) is 28.4 Å². The third-order valence-corrected chi connectivity index (χ3v) is 6.92. The summed E-state index contributed by atoms with van der Waals surface area (Å²) >= 11 is 1.84. The van der Waals surface area contributed by atoms with Crippen LogP contribution in [0.5, 0.6) is 17.2 Å². The minimum absolute atomic E-state index is 0.624. The lowest BCUT2D eigenvalue weighted by Crippen LogP contribution is -2.00. The van der Waals surface area contributed by atoms with E-state index in [1.54, 1.807) is 21.3 Å². The van der Waals surface area contributed by atoms with E-state index in [0.29, 0.717) is 17.2 Å². The quantitative estimate of drug-likeness (QED) is 0.276. The molecule has 160 valence electrons. The highest BCUT2D eigenvalue weighted by molar-refractivity contribution is 7.25. The van der Waals surface area contributed by atoms with E-state index in [1.165, 1.54) is 36.9 Å². The Morgan fingerprint density at radius 3 is 2.19 bits per heavy atom. The smallest absolute Gasteiger partial charge is 0.203 e. The Bertz CT molecular complexity index is 1400. The van der Waals surface area contributed by atoms with E-state index in [0.717, 1.165) is 12.0 Å². The molecule has 0 bridgehead atoms. The van der Waals surface area contributed by atoms with Gasteiger partial charge in [0.2, 0.25) is 5.75 Å². The Kier molecular flexibility index (Phi) is 5.46. The Hall–Kier alpha value is -3.50. The molecule has 0 aliphatic carbocycles. The molecule has 1 aromatic heterocycles. The van der Waals surface area contributed by atoms with Crippen LogP contribution in [0.15, 0.2) is 78.9 Å². The highest BCUT2D eigenvalue weighted by atomic mass is 32.1. The topological polar surface area (TPSA) is 27.7 Å². The average molecular weight is 441 g/mol. The van der Waals surface area contributed by atoms with Crippen LogP contribution in [0.25, 0.3) is 31.3 Å². The zero-order valence-corrected chi connectivity index (χ0v) is 19.2. The lowest BCUT2D eigenvalue weighted by atomic mass is 9.94. The molecule has 3 nitrogen and oxygen atoms in total. The van der Waals surface area contributed by atoms with Gasteiger partial charge in [-0.15, -0.1) is 11.3 Å². The average Bonchev–Trinajstić information content (AvgIpc) is 3.22. The minimum Gasteiger partial charge on any atom is -0.493 e. The fourth-order valence-corrected chi connectivity index (χ4v) is 5.58. The van der Waals surface area contributed by atoms with E-state index in [-0.39, 0.29) is 0 Å². The Morgan fingerprint density at radius 1 is 0.688 bits per heavy atom. The first kappa shape index (κ1) is 20.4. The molecule has 0 fully saturated rings. The predicted octanol–water partition coefficient (Wildman–Crippen LogP) is 7.34. The zero-order chi connectivity index (χ0) is 22.1. The predicted molar refractivity (Wildman–Crippen MR) is 134 cm³/mol. The number of benzene rings is 4. The first-order valence-electron chi connectivity index (χ1n) is 10.5. The van der Waals surface area contributed by atoms with Crippen molar-refractivity contribution in [3.05, 3.63) is 90.0 Å². The summed E-state index contributed by atoms with van der Waals surface area (Å²) in [5, 5.41) is 2.63. The monoisotopic (exact) mass is 440 g/mol. The van der Waals surface area contributed by atoms with Crippen molar-refractivity contribution in [2.45, 2.75) is 6.42 Å². The molecule has 5 aromatic rings. The van der Waals surface area contributed by atoms with Crippen LogP contribution in [0.4, 0.5) is 0 Å². The summed E-state index contributed by atoms with van der Waals surface area (Å²) in [4.78, 5) is 0. The second kappa shape index (κ2) is 8.56. The maximum absolute atomic E-state index is 5.73. The van der Waals surface area contributed by atoms with E-state index in [1.807, 2.05) is 17.4 Å². The van der Waals surface area contributed by atoms with E-state index >= 15 is 0 Å². The molecule has 0 saturated heterocycles. The van der Waals surface area contributed by atoms with Gasteiger partial charge in [0.15, 0.2) is 11.5 Å². The van der Waals surface area contributed by atoms with Crippen LogP contribution in [0.1, 0.15) is 11.1 Å². The zero-order valence-electron chi connectivity index (χ0n) is 18.3. The van der Waals surface area contributed by atoms with E-state index in [4.69, 9.17) is 14.2 Å². The molecule has 0 amide bonds. The van der Waals surface area contributed by atoms with Gasteiger partial charge in [0.25, 0.3) is 0 Å². The van der Waals surface area contributed by atoms with Crippen LogP contribution < -0.4 is 14.2 Å². The van der Waals surface area contributed by atoms with Crippen LogP contribution in [0, 0.1) is 0 Å². The lowest BCUT2D eigenvalue weighted by molar-refractivity contribution is 0.322. The van der Waals surface area contributed by atoms with Gasteiger partial charge in [0.1, 0.15) is 0 Å². The number of fused-ring (bicyclic) bond motifs is 3. The Balaban J connectivity index is 1.70. The van der Waals surface area contributed by atoms with Crippen LogP contribution in [0.2, 0.25) is 0 Å². The van der Waals surface area contributed by atoms with Crippen molar-refractivity contribution in [1.29, 1.82) is 0 Å². The molecule has 0 atom stereocenters. The third kappa shape index (κ3) is 3.47. The summed E-state index contributed by atoms with van der Waals surface area (Å²) in [5.41, 5.74) is 4.77. The van der Waals surface area contributed by atoms with Crippen molar-refractivity contribution in [1.82, 2.24) is 0 Å². The van der Waals surface area contributed by atoms with E-state index in [9.17, 15) is 0 Å². The molecular formula is C28H24O3S. The summed E-state index contributed by atoms with van der Waals surface area (Å²) in [6, 6.07) is 27.9. The molecule has 0 saturated carbocycles. The highest BCUT2D eigenvalue weighted by Gasteiger charge is 2.18. The van der Waals surface area contributed by atoms with Gasteiger partial charge in [-0.05, 0) is 34.9 Å². The van der Waals surface area contributed by atoms with Gasteiger partial charge in [0.05, 0.1) is 21.3 Å². The summed E-state index contributed by atoms with van der Waals surface area (Å²) < 4.78 is 19.4. The summed E-state index contributed by atoms with van der Waals surface area (Å²) in [6.45, 7) is 0. The molecule has 32 heavy (non-hydrogen) atoms. The normalized spacial score (nSPS) is 11.1. The van der Waals surface area contributed by atoms with Crippen molar-refractivity contribution in [2.24, 2.45) is 0 Å². The van der Waals surface area contributed by atoms with Crippen molar-refractivity contribution in [3.63, 3.8) is 0 Å². The van der Waals surface area contributed by atoms with Gasteiger partial charge in [-0.1, -0.05) is 60.7 Å². The number of hydrogen-bond donors (Lipinski definition) is 0. The third-order valence-electron chi connectivity index (χ3n) is 5.80. The second-order valence-corrected chi connectivity index (χ2v) is 8.73. The van der Waals surface area contributed by atoms with Gasteiger partial charge in [-0.2, -0.15) is 0 Å². The number of methoxy groups -OCH3 is 3. The fraction of sp³-hybridized carbons (Fsp3) is 0.143. The molecular weight excluding hydrogens is 416 g/mol. The summed E-state index contributed by atoms with van der Waals surface area (Å²) in [7, 11) is 4.95. The van der Waals surface area contributed by atoms with E-state index in [2.05, 4.69) is 72.8 Å². The fourth-order valence-electron chi connectivity index (χ4n) is 4.38. The molecule has 0 unspecified atom stereocenters. The number of ether oxygens (including phenoxy) is 3. The molecule has 5 rings (SSSR count). The Morgan fingerprint density at radius 2 is 1.44 bits per heavy atom. The molecule has 4 aromatic carbocycles. The van der Waals surface area contributed by atoms with Crippen LogP contribution in [0.3, 0.4) is 0 Å². The highest BCUT2D eigenvalue weighted by Crippen LogP contribution is 2.43. The molecule has 0 N–H and O–H groups in total. The number of rotatable bonds is 6. The van der Waals surface area contributed by atoms with Gasteiger partial charge in [-0.25, -0.2) is 0 Å². The van der Waals surface area contributed by atoms with Crippen molar-refractivity contribution < 1.29 is 14.2 Å². The standard InChI is InChI=1S/C28H24O3S/c1-29-23-14-13-20(27(30-2)28(23)31-3)15-18-16-22(19-9-5-4-6-10-19)26-21-11-7-8-12-24(21)32-25(26)17-18/h4-14,16-17H,15H2,1-3H3. The first-order valence-corrected chi connectivity index (χ1v) is 11.3. The Labute approximate surface area is 191 Å². The molecule has 0 aliphatic heterocycles. The number of thiophene rings is 1. The lowest BCUT2D eigenvalue weighted by Gasteiger charge is -2.16. The number of hydrogen-bond acceptors (Lipinski definition) is 4. The molecule has 1 heterocycles. The van der Waals surface area contributed by atoms with Gasteiger partial charge >= 0.3 is 0 Å². The second-order valence-electron chi connectivity index (χ2n) is 7.65. The minimum atomic E-state index is 0.624. The van der Waals surface area contributed by atoms with Gasteiger partial charge in [0, 0.05) is 32.2 Å². The van der Waals surface area contributed by atoms with Gasteiger partial charge in [-0.3, -0.25) is 0 Å². The molecule has 0 radical (unpaired) electrons. The molecule has 0 spiro atoms. The van der Waals surface area contributed by atoms with Crippen molar-refractivity contribution >= 4 is 31.5 Å². The maximum Gasteiger partial charge on any atom is 0.203 e. The molecule has 4 heteroatoms. The van der Waals surface area contributed by atoms with Crippen LogP contribution >= 0.6 is 11.3 Å². The molecule has 0 aliphatic rings. The first-order chi connectivity index (χ1) is 15.7. The van der Waals surface area contributed by atoms with Crippen LogP contribution in [-0.4, -0.2) is 21.3 Å². The summed E-state index contributed by atoms with van der Waals surface area (Å²) in [5.74, 6) is 2.00. The van der Waals surface area contributed by atoms with Crippen molar-refractivity contribution in [2.75, 3.05) is 21.3 Å². The SMILES string of the molecule is COc1ccc(Cc2cc(-c3ccccc3)c3c(c2)sc2ccccc23)c(OC)c1OC. The van der Waals surface area contributed by atoms with Gasteiger partial charge < -0.3 is 14.2 Å². The van der Waals surface area contributed by atoms with E-state index < -0.39 is 0 Å². The largest absolute Gasteiger partial charge is 0.493 e. The van der Waals surface area contributed by atoms with Crippen LogP contribution in [-0.2, 0) is 6.42 Å².